The second-order valence-corrected chi connectivity index (χ2v) is 12.0. The van der Waals surface area contributed by atoms with Crippen LogP contribution in [0.15, 0.2) is 144 Å². The average molecular weight is 686 g/mol. The third-order valence-electron chi connectivity index (χ3n) is 7.33. The van der Waals surface area contributed by atoms with Crippen LogP contribution in [0.2, 0.25) is 0 Å². The summed E-state index contributed by atoms with van der Waals surface area (Å²) in [5, 5.41) is 7.83. The first-order valence-corrected chi connectivity index (χ1v) is 16.6. The summed E-state index contributed by atoms with van der Waals surface area (Å²) in [6, 6.07) is 38.8. The summed E-state index contributed by atoms with van der Waals surface area (Å²) in [4.78, 5) is 53.3. The lowest BCUT2D eigenvalue weighted by molar-refractivity contribution is -0.116. The molecule has 0 saturated carbocycles. The first-order chi connectivity index (χ1) is 24.3. The highest BCUT2D eigenvalue weighted by molar-refractivity contribution is 8.00. The van der Waals surface area contributed by atoms with Crippen molar-refractivity contribution in [3.63, 3.8) is 0 Å². The molecule has 3 amide bonds. The number of anilines is 2. The zero-order chi connectivity index (χ0) is 35.3. The van der Waals surface area contributed by atoms with E-state index in [1.807, 2.05) is 37.3 Å². The van der Waals surface area contributed by atoms with Crippen LogP contribution >= 0.6 is 11.8 Å². The number of nitrogens with one attached hydrogen (secondary N) is 3. The highest BCUT2D eigenvalue weighted by atomic mass is 32.2. The monoisotopic (exact) mass is 685 g/mol. The maximum atomic E-state index is 13.7. The van der Waals surface area contributed by atoms with E-state index in [2.05, 4.69) is 16.0 Å². The molecule has 5 rings (SSSR count). The van der Waals surface area contributed by atoms with Gasteiger partial charge in [0.1, 0.15) is 16.7 Å². The van der Waals surface area contributed by atoms with E-state index in [9.17, 15) is 19.2 Å². The van der Waals surface area contributed by atoms with Gasteiger partial charge in [-0.25, -0.2) is 4.79 Å². The topological polar surface area (TPSA) is 123 Å². The lowest BCUT2D eigenvalue weighted by Gasteiger charge is -2.18. The van der Waals surface area contributed by atoms with Crippen LogP contribution in [-0.2, 0) is 14.3 Å². The number of carbonyl (C=O) groups excluding carboxylic acids is 4. The molecule has 5 aromatic carbocycles. The molecule has 0 radical (unpaired) electrons. The smallest absolute Gasteiger partial charge is 0.339 e. The molecule has 0 heterocycles. The Morgan fingerprint density at radius 1 is 0.740 bits per heavy atom. The molecular formula is C40H35N3O6S. The van der Waals surface area contributed by atoms with Gasteiger partial charge in [-0.1, -0.05) is 72.8 Å². The Labute approximate surface area is 294 Å². The van der Waals surface area contributed by atoms with E-state index in [0.29, 0.717) is 34.9 Å². The van der Waals surface area contributed by atoms with Gasteiger partial charge in [-0.3, -0.25) is 14.4 Å². The summed E-state index contributed by atoms with van der Waals surface area (Å²) in [7, 11) is 1.29. The number of methoxy groups -OCH3 is 1. The molecule has 3 N–H and O–H groups in total. The Balaban J connectivity index is 1.34. The van der Waals surface area contributed by atoms with Crippen molar-refractivity contribution in [2.75, 3.05) is 24.4 Å². The number of carbonyl (C=O) groups is 4. The van der Waals surface area contributed by atoms with E-state index in [1.165, 1.54) is 18.9 Å². The van der Waals surface area contributed by atoms with Crippen molar-refractivity contribution in [2.24, 2.45) is 0 Å². The van der Waals surface area contributed by atoms with Crippen molar-refractivity contribution in [1.82, 2.24) is 5.32 Å². The number of ether oxygens (including phenoxy) is 2. The number of hydrogen-bond acceptors (Lipinski definition) is 7. The number of para-hydroxylation sites is 1. The molecule has 0 saturated heterocycles. The van der Waals surface area contributed by atoms with Crippen molar-refractivity contribution in [2.45, 2.75) is 17.1 Å². The molecule has 10 heteroatoms. The molecule has 0 aliphatic rings. The number of benzene rings is 5. The third kappa shape index (κ3) is 9.48. The van der Waals surface area contributed by atoms with Crippen LogP contribution in [0.3, 0.4) is 0 Å². The summed E-state index contributed by atoms with van der Waals surface area (Å²) >= 11 is 1.32. The van der Waals surface area contributed by atoms with Crippen LogP contribution in [-0.4, -0.2) is 37.4 Å². The second kappa shape index (κ2) is 17.3. The maximum Gasteiger partial charge on any atom is 0.339 e. The molecule has 5 aromatic rings. The van der Waals surface area contributed by atoms with Crippen LogP contribution in [0.4, 0.5) is 11.4 Å². The quantitative estimate of drug-likeness (QED) is 0.0658. The van der Waals surface area contributed by atoms with Crippen molar-refractivity contribution in [3.8, 4) is 5.75 Å². The number of amides is 3. The van der Waals surface area contributed by atoms with Gasteiger partial charge in [0.05, 0.1) is 25.0 Å². The van der Waals surface area contributed by atoms with E-state index >= 15 is 0 Å². The fourth-order valence-electron chi connectivity index (χ4n) is 4.87. The van der Waals surface area contributed by atoms with Gasteiger partial charge in [0.15, 0.2) is 0 Å². The molecule has 0 spiro atoms. The highest BCUT2D eigenvalue weighted by Gasteiger charge is 2.24. The van der Waals surface area contributed by atoms with E-state index in [1.54, 1.807) is 109 Å². The largest absolute Gasteiger partial charge is 0.494 e. The summed E-state index contributed by atoms with van der Waals surface area (Å²) in [5.74, 6) is -1.13. The molecule has 1 unspecified atom stereocenters. The number of hydrogen-bond donors (Lipinski definition) is 3. The Morgan fingerprint density at radius 2 is 1.38 bits per heavy atom. The summed E-state index contributed by atoms with van der Waals surface area (Å²) in [6.45, 7) is 2.42. The van der Waals surface area contributed by atoms with E-state index < -0.39 is 23.0 Å². The van der Waals surface area contributed by atoms with E-state index in [-0.39, 0.29) is 17.2 Å². The standard InChI is InChI=1S/C40H35N3O6S/c1-3-49-31-22-18-27(19-23-31)26-35(43-37(44)29-14-8-5-9-15-29)38(45)41-30-20-24-32(25-21-30)50-36(28-12-6-4-7-13-28)39(46)42-34-17-11-10-16-33(34)40(47)48-2/h4-26,36H,3H2,1-2H3,(H,41,45)(H,42,46)(H,43,44)/b35-26-. The molecule has 50 heavy (non-hydrogen) atoms. The van der Waals surface area contributed by atoms with E-state index in [4.69, 9.17) is 9.47 Å². The molecule has 0 fully saturated rings. The van der Waals surface area contributed by atoms with Gasteiger partial charge in [-0.05, 0) is 84.8 Å². The molecule has 252 valence electrons. The molecular weight excluding hydrogens is 651 g/mol. The van der Waals surface area contributed by atoms with Gasteiger partial charge in [0.2, 0.25) is 5.91 Å². The molecule has 0 aliphatic carbocycles. The zero-order valence-electron chi connectivity index (χ0n) is 27.4. The van der Waals surface area contributed by atoms with Crippen molar-refractivity contribution < 1.29 is 28.7 Å². The lowest BCUT2D eigenvalue weighted by atomic mass is 10.1. The van der Waals surface area contributed by atoms with Gasteiger partial charge in [-0.15, -0.1) is 11.8 Å². The molecule has 0 aliphatic heterocycles. The minimum atomic E-state index is -0.667. The van der Waals surface area contributed by atoms with E-state index in [0.717, 1.165) is 10.5 Å². The Hall–Kier alpha value is -6.13. The minimum Gasteiger partial charge on any atom is -0.494 e. The first kappa shape index (κ1) is 35.2. The van der Waals surface area contributed by atoms with Crippen molar-refractivity contribution >= 4 is 52.9 Å². The predicted molar refractivity (Wildman–Crippen MR) is 196 cm³/mol. The van der Waals surface area contributed by atoms with Gasteiger partial charge in [0.25, 0.3) is 11.8 Å². The lowest BCUT2D eigenvalue weighted by Crippen LogP contribution is -2.30. The van der Waals surface area contributed by atoms with Crippen LogP contribution in [0, 0.1) is 0 Å². The number of rotatable bonds is 13. The highest BCUT2D eigenvalue weighted by Crippen LogP contribution is 2.37. The van der Waals surface area contributed by atoms with Crippen molar-refractivity contribution in [1.29, 1.82) is 0 Å². The third-order valence-corrected chi connectivity index (χ3v) is 8.59. The van der Waals surface area contributed by atoms with Crippen LogP contribution in [0.25, 0.3) is 6.08 Å². The normalized spacial score (nSPS) is 11.5. The fraction of sp³-hybridized carbons (Fsp3) is 0.100. The first-order valence-electron chi connectivity index (χ1n) is 15.8. The molecule has 0 bridgehead atoms. The van der Waals surface area contributed by atoms with Crippen molar-refractivity contribution in [3.05, 3.63) is 161 Å². The average Bonchev–Trinajstić information content (AvgIpc) is 3.15. The zero-order valence-corrected chi connectivity index (χ0v) is 28.2. The molecule has 9 nitrogen and oxygen atoms in total. The van der Waals surface area contributed by atoms with Crippen LogP contribution in [0.1, 0.15) is 44.0 Å². The predicted octanol–water partition coefficient (Wildman–Crippen LogP) is 7.75. The van der Waals surface area contributed by atoms with Crippen LogP contribution < -0.4 is 20.7 Å². The summed E-state index contributed by atoms with van der Waals surface area (Å²) < 4.78 is 10.4. The van der Waals surface area contributed by atoms with Gasteiger partial charge in [0, 0.05) is 16.1 Å². The van der Waals surface area contributed by atoms with Gasteiger partial charge < -0.3 is 25.4 Å². The second-order valence-electron chi connectivity index (χ2n) is 10.8. The Bertz CT molecular complexity index is 1960. The minimum absolute atomic E-state index is 0.0505. The Morgan fingerprint density at radius 3 is 2.04 bits per heavy atom. The van der Waals surface area contributed by atoms with Gasteiger partial charge >= 0.3 is 5.97 Å². The fourth-order valence-corrected chi connectivity index (χ4v) is 5.89. The number of thioether (sulfide) groups is 1. The molecule has 0 aromatic heterocycles. The van der Waals surface area contributed by atoms with Crippen LogP contribution in [0.5, 0.6) is 5.75 Å². The summed E-state index contributed by atoms with van der Waals surface area (Å²) in [6.07, 6.45) is 1.59. The Kier molecular flexibility index (Phi) is 12.2. The maximum absolute atomic E-state index is 13.7. The molecule has 1 atom stereocenters. The summed E-state index contributed by atoms with van der Waals surface area (Å²) in [5.41, 5.74) is 2.99. The van der Waals surface area contributed by atoms with Gasteiger partial charge in [-0.2, -0.15) is 0 Å². The number of esters is 1. The SMILES string of the molecule is CCOc1ccc(/C=C(\NC(=O)c2ccccc2)C(=O)Nc2ccc(SC(C(=O)Nc3ccccc3C(=O)OC)c3ccccc3)cc2)cc1.